The highest BCUT2D eigenvalue weighted by atomic mass is 79.9. The van der Waals surface area contributed by atoms with E-state index in [4.69, 9.17) is 0 Å². The van der Waals surface area contributed by atoms with E-state index in [2.05, 4.69) is 43.8 Å². The van der Waals surface area contributed by atoms with E-state index in [9.17, 15) is 0 Å². The first-order chi connectivity index (χ1) is 7.76. The summed E-state index contributed by atoms with van der Waals surface area (Å²) >= 11 is 5.26. The molecule has 2 heterocycles. The van der Waals surface area contributed by atoms with Crippen molar-refractivity contribution in [1.29, 1.82) is 0 Å². The van der Waals surface area contributed by atoms with Gasteiger partial charge in [-0.3, -0.25) is 0 Å². The van der Waals surface area contributed by atoms with Gasteiger partial charge in [-0.2, -0.15) is 0 Å². The molecule has 0 N–H and O–H groups in total. The van der Waals surface area contributed by atoms with Crippen molar-refractivity contribution in [3.63, 3.8) is 0 Å². The van der Waals surface area contributed by atoms with Gasteiger partial charge in [0.25, 0.3) is 0 Å². The zero-order chi connectivity index (χ0) is 11.5. The molecule has 5 heteroatoms. The summed E-state index contributed by atoms with van der Waals surface area (Å²) in [7, 11) is 0. The van der Waals surface area contributed by atoms with Gasteiger partial charge in [0.15, 0.2) is 0 Å². The summed E-state index contributed by atoms with van der Waals surface area (Å²) in [6.07, 6.45) is 4.95. The van der Waals surface area contributed by atoms with Gasteiger partial charge in [-0.15, -0.1) is 11.8 Å². The van der Waals surface area contributed by atoms with Gasteiger partial charge in [0.05, 0.1) is 0 Å². The first kappa shape index (κ1) is 12.2. The molecule has 88 valence electrons. The van der Waals surface area contributed by atoms with Gasteiger partial charge in [-0.1, -0.05) is 22.9 Å². The molecule has 16 heavy (non-hydrogen) atoms. The predicted octanol–water partition coefficient (Wildman–Crippen LogP) is 2.81. The average molecular weight is 302 g/mol. The van der Waals surface area contributed by atoms with Gasteiger partial charge in [0.2, 0.25) is 0 Å². The highest BCUT2D eigenvalue weighted by Crippen LogP contribution is 2.30. The second-order valence-electron chi connectivity index (χ2n) is 4.10. The summed E-state index contributed by atoms with van der Waals surface area (Å²) in [5.41, 5.74) is 0. The summed E-state index contributed by atoms with van der Waals surface area (Å²) < 4.78 is 0. The van der Waals surface area contributed by atoms with E-state index >= 15 is 0 Å². The monoisotopic (exact) mass is 301 g/mol. The molecular weight excluding hydrogens is 286 g/mol. The van der Waals surface area contributed by atoms with Crippen LogP contribution in [-0.4, -0.2) is 34.1 Å². The maximum absolute atomic E-state index is 4.38. The average Bonchev–Trinajstić information content (AvgIpc) is 2.70. The van der Waals surface area contributed by atoms with E-state index in [-0.39, 0.29) is 0 Å². The Morgan fingerprint density at radius 2 is 2.38 bits per heavy atom. The highest BCUT2D eigenvalue weighted by molar-refractivity contribution is 9.09. The molecule has 0 aliphatic carbocycles. The molecule has 1 aromatic rings. The molecule has 2 rings (SSSR count). The Balaban J connectivity index is 2.22. The standard InChI is InChI=1S/C11H16BrN3S/c1-8-3-4-15(9(8)6-12)10-5-11(16-2)14-7-13-10/h5,7-9H,3-4,6H2,1-2H3. The minimum atomic E-state index is 0.560. The normalized spacial score (nSPS) is 25.1. The van der Waals surface area contributed by atoms with Crippen LogP contribution in [-0.2, 0) is 0 Å². The van der Waals surface area contributed by atoms with Crippen LogP contribution >= 0.6 is 27.7 Å². The summed E-state index contributed by atoms with van der Waals surface area (Å²) in [6.45, 7) is 3.41. The summed E-state index contributed by atoms with van der Waals surface area (Å²) in [5, 5.41) is 2.05. The Bertz CT molecular complexity index is 361. The molecule has 2 atom stereocenters. The van der Waals surface area contributed by atoms with Crippen LogP contribution < -0.4 is 4.90 Å². The van der Waals surface area contributed by atoms with Crippen molar-refractivity contribution < 1.29 is 0 Å². The molecule has 1 saturated heterocycles. The van der Waals surface area contributed by atoms with Crippen molar-refractivity contribution in [1.82, 2.24) is 9.97 Å². The number of aromatic nitrogens is 2. The number of nitrogens with zero attached hydrogens (tertiary/aromatic N) is 3. The minimum Gasteiger partial charge on any atom is -0.352 e. The Morgan fingerprint density at radius 1 is 1.56 bits per heavy atom. The van der Waals surface area contributed by atoms with Crippen LogP contribution in [0, 0.1) is 5.92 Å². The van der Waals surface area contributed by atoms with Crippen LogP contribution in [0.2, 0.25) is 0 Å². The smallest absolute Gasteiger partial charge is 0.133 e. The number of hydrogen-bond acceptors (Lipinski definition) is 4. The summed E-state index contributed by atoms with van der Waals surface area (Å²) in [5.74, 6) is 1.79. The number of anilines is 1. The fraction of sp³-hybridized carbons (Fsp3) is 0.636. The Morgan fingerprint density at radius 3 is 3.06 bits per heavy atom. The zero-order valence-corrected chi connectivity index (χ0v) is 12.0. The van der Waals surface area contributed by atoms with Crippen LogP contribution in [0.15, 0.2) is 17.4 Å². The number of alkyl halides is 1. The number of hydrogen-bond donors (Lipinski definition) is 0. The predicted molar refractivity (Wildman–Crippen MR) is 72.5 cm³/mol. The van der Waals surface area contributed by atoms with E-state index < -0.39 is 0 Å². The van der Waals surface area contributed by atoms with E-state index in [0.717, 1.165) is 28.6 Å². The third-order valence-electron chi connectivity index (χ3n) is 3.17. The van der Waals surface area contributed by atoms with Crippen molar-refractivity contribution >= 4 is 33.5 Å². The van der Waals surface area contributed by atoms with Crippen LogP contribution in [0.1, 0.15) is 13.3 Å². The SMILES string of the molecule is CSc1cc(N2CCC(C)C2CBr)ncn1. The quantitative estimate of drug-likeness (QED) is 0.488. The second-order valence-corrected chi connectivity index (χ2v) is 5.57. The molecule has 2 unspecified atom stereocenters. The van der Waals surface area contributed by atoms with Crippen molar-refractivity contribution in [3.8, 4) is 0 Å². The van der Waals surface area contributed by atoms with Gasteiger partial charge in [0, 0.05) is 24.0 Å². The third kappa shape index (κ3) is 2.35. The first-order valence-corrected chi connectivity index (χ1v) is 7.79. The highest BCUT2D eigenvalue weighted by Gasteiger charge is 2.31. The van der Waals surface area contributed by atoms with Gasteiger partial charge in [-0.05, 0) is 18.6 Å². The van der Waals surface area contributed by atoms with Crippen molar-refractivity contribution in [2.75, 3.05) is 23.0 Å². The molecule has 1 aliphatic heterocycles. The lowest BCUT2D eigenvalue weighted by atomic mass is 10.1. The molecular formula is C11H16BrN3S. The Labute approximate surface area is 109 Å². The molecule has 1 aromatic heterocycles. The van der Waals surface area contributed by atoms with Crippen molar-refractivity contribution in [3.05, 3.63) is 12.4 Å². The maximum Gasteiger partial charge on any atom is 0.133 e. The Hall–Kier alpha value is -0.290. The lowest BCUT2D eigenvalue weighted by molar-refractivity contribution is 0.552. The molecule has 0 bridgehead atoms. The first-order valence-electron chi connectivity index (χ1n) is 5.45. The largest absolute Gasteiger partial charge is 0.352 e. The molecule has 0 saturated carbocycles. The molecule has 0 amide bonds. The number of halogens is 1. The van der Waals surface area contributed by atoms with E-state index in [1.165, 1.54) is 6.42 Å². The van der Waals surface area contributed by atoms with Gasteiger partial charge in [-0.25, -0.2) is 9.97 Å². The van der Waals surface area contributed by atoms with Crippen LogP contribution in [0.4, 0.5) is 5.82 Å². The number of thioether (sulfide) groups is 1. The van der Waals surface area contributed by atoms with E-state index in [1.54, 1.807) is 18.1 Å². The van der Waals surface area contributed by atoms with Gasteiger partial charge < -0.3 is 4.90 Å². The van der Waals surface area contributed by atoms with Crippen molar-refractivity contribution in [2.24, 2.45) is 5.92 Å². The molecule has 3 nitrogen and oxygen atoms in total. The van der Waals surface area contributed by atoms with Gasteiger partial charge >= 0.3 is 0 Å². The van der Waals surface area contributed by atoms with E-state index in [1.807, 2.05) is 6.26 Å². The molecule has 0 radical (unpaired) electrons. The van der Waals surface area contributed by atoms with Crippen molar-refractivity contribution in [2.45, 2.75) is 24.4 Å². The molecule has 0 spiro atoms. The molecule has 1 fully saturated rings. The number of rotatable bonds is 3. The van der Waals surface area contributed by atoms with Gasteiger partial charge in [0.1, 0.15) is 17.2 Å². The fourth-order valence-electron chi connectivity index (χ4n) is 2.13. The van der Waals surface area contributed by atoms with Crippen LogP contribution in [0.3, 0.4) is 0 Å². The lowest BCUT2D eigenvalue weighted by Crippen LogP contribution is -2.34. The topological polar surface area (TPSA) is 29.0 Å². The second kappa shape index (κ2) is 5.36. The zero-order valence-electron chi connectivity index (χ0n) is 9.56. The van der Waals surface area contributed by atoms with E-state index in [0.29, 0.717) is 6.04 Å². The summed E-state index contributed by atoms with van der Waals surface area (Å²) in [4.78, 5) is 11.0. The molecule has 1 aliphatic rings. The summed E-state index contributed by atoms with van der Waals surface area (Å²) in [6, 6.07) is 2.64. The minimum absolute atomic E-state index is 0.560. The maximum atomic E-state index is 4.38. The van der Waals surface area contributed by atoms with Crippen LogP contribution in [0.5, 0.6) is 0 Å². The third-order valence-corrected chi connectivity index (χ3v) is 4.48. The Kier molecular flexibility index (Phi) is 4.08. The van der Waals surface area contributed by atoms with Crippen LogP contribution in [0.25, 0.3) is 0 Å². The lowest BCUT2D eigenvalue weighted by Gasteiger charge is -2.26. The molecule has 0 aromatic carbocycles. The fourth-order valence-corrected chi connectivity index (χ4v) is 3.49.